The topological polar surface area (TPSA) is 76.0 Å². The van der Waals surface area contributed by atoms with Crippen LogP contribution in [0.5, 0.6) is 0 Å². The van der Waals surface area contributed by atoms with Gasteiger partial charge in [0.05, 0.1) is 5.69 Å². The second-order valence-corrected chi connectivity index (χ2v) is 2.80. The van der Waals surface area contributed by atoms with Crippen molar-refractivity contribution < 1.29 is 13.6 Å². The Hall–Kier alpha value is -1.43. The Morgan fingerprint density at radius 2 is 2.14 bits per heavy atom. The third kappa shape index (κ3) is 1.90. The van der Waals surface area contributed by atoms with Gasteiger partial charge in [-0.05, 0) is 17.7 Å². The number of H-pyrrole nitrogens is 1. The van der Waals surface area contributed by atoms with Gasteiger partial charge in [-0.1, -0.05) is 0 Å². The maximum absolute atomic E-state index is 12.3. The van der Waals surface area contributed by atoms with E-state index in [1.165, 1.54) is 0 Å². The minimum atomic E-state index is -2.92. The van der Waals surface area contributed by atoms with Gasteiger partial charge < -0.3 is 10.7 Å². The molecule has 1 aromatic rings. The van der Waals surface area contributed by atoms with Crippen molar-refractivity contribution >= 4 is 22.5 Å². The van der Waals surface area contributed by atoms with Gasteiger partial charge >= 0.3 is 0 Å². The van der Waals surface area contributed by atoms with Crippen molar-refractivity contribution in [3.05, 3.63) is 27.7 Å². The number of nitrogens with two attached hydrogens (primary N) is 1. The first kappa shape index (κ1) is 10.6. The van der Waals surface area contributed by atoms with Crippen molar-refractivity contribution in [3.8, 4) is 0 Å². The van der Waals surface area contributed by atoms with Gasteiger partial charge in [0.25, 0.3) is 17.2 Å². The lowest BCUT2D eigenvalue weighted by molar-refractivity contribution is 0.106. The Morgan fingerprint density at radius 1 is 1.57 bits per heavy atom. The number of hydrogen-bond acceptors (Lipinski definition) is 3. The van der Waals surface area contributed by atoms with Gasteiger partial charge in [-0.2, -0.15) is 0 Å². The predicted molar refractivity (Wildman–Crippen MR) is 46.6 cm³/mol. The molecule has 4 nitrogen and oxygen atoms in total. The average Bonchev–Trinajstić information content (AvgIpc) is 2.08. The molecule has 0 spiro atoms. The Bertz CT molecular complexity index is 430. The van der Waals surface area contributed by atoms with E-state index < -0.39 is 28.5 Å². The first-order chi connectivity index (χ1) is 6.43. The third-order valence-electron chi connectivity index (χ3n) is 1.53. The zero-order valence-corrected chi connectivity index (χ0v) is 7.44. The van der Waals surface area contributed by atoms with Crippen molar-refractivity contribution in [2.24, 2.45) is 0 Å². The standard InChI is InChI=1S/C7H5ClF2N2O2/c8-5(13)4-2(6(9)10)1-3(11)7(14)12-4/h1,6H,11H2,(H,12,14). The zero-order valence-electron chi connectivity index (χ0n) is 6.68. The molecule has 0 aliphatic heterocycles. The molecule has 0 saturated heterocycles. The summed E-state index contributed by atoms with van der Waals surface area (Å²) >= 11 is 4.99. The molecule has 0 aliphatic carbocycles. The van der Waals surface area contributed by atoms with Crippen LogP contribution in [0.25, 0.3) is 0 Å². The molecule has 0 unspecified atom stereocenters. The lowest BCUT2D eigenvalue weighted by Crippen LogP contribution is -2.17. The summed E-state index contributed by atoms with van der Waals surface area (Å²) in [6.07, 6.45) is -2.92. The molecule has 0 aromatic carbocycles. The van der Waals surface area contributed by atoms with E-state index in [1.807, 2.05) is 4.98 Å². The molecule has 1 aromatic heterocycles. The van der Waals surface area contributed by atoms with E-state index >= 15 is 0 Å². The highest BCUT2D eigenvalue weighted by Gasteiger charge is 2.19. The summed E-state index contributed by atoms with van der Waals surface area (Å²) in [4.78, 5) is 23.4. The van der Waals surface area contributed by atoms with Crippen LogP contribution >= 0.6 is 11.6 Å². The smallest absolute Gasteiger partial charge is 0.271 e. The second kappa shape index (κ2) is 3.75. The van der Waals surface area contributed by atoms with Crippen LogP contribution in [-0.4, -0.2) is 10.2 Å². The molecule has 0 amide bonds. The van der Waals surface area contributed by atoms with Crippen molar-refractivity contribution in [3.63, 3.8) is 0 Å². The largest absolute Gasteiger partial charge is 0.394 e. The van der Waals surface area contributed by atoms with Crippen molar-refractivity contribution in [2.45, 2.75) is 6.43 Å². The third-order valence-corrected chi connectivity index (χ3v) is 1.72. The van der Waals surface area contributed by atoms with E-state index in [0.29, 0.717) is 0 Å². The minimum Gasteiger partial charge on any atom is -0.394 e. The molecule has 0 radical (unpaired) electrons. The van der Waals surface area contributed by atoms with Crippen LogP contribution in [0.3, 0.4) is 0 Å². The van der Waals surface area contributed by atoms with Crippen LogP contribution in [0.4, 0.5) is 14.5 Å². The monoisotopic (exact) mass is 222 g/mol. The first-order valence-electron chi connectivity index (χ1n) is 3.44. The summed E-state index contributed by atoms with van der Waals surface area (Å²) in [5.74, 6) is 0. The number of halogens is 3. The molecule has 1 heterocycles. The Morgan fingerprint density at radius 3 is 2.57 bits per heavy atom. The first-order valence-corrected chi connectivity index (χ1v) is 3.82. The molecule has 0 bridgehead atoms. The van der Waals surface area contributed by atoms with Gasteiger partial charge in [0.2, 0.25) is 0 Å². The molecule has 0 atom stereocenters. The van der Waals surface area contributed by atoms with Crippen LogP contribution in [0.15, 0.2) is 10.9 Å². The Balaban J connectivity index is 3.47. The number of anilines is 1. The molecule has 0 aliphatic rings. The van der Waals surface area contributed by atoms with Gasteiger partial charge in [0.15, 0.2) is 0 Å². The fourth-order valence-corrected chi connectivity index (χ4v) is 1.05. The summed E-state index contributed by atoms with van der Waals surface area (Å²) in [7, 11) is 0. The Kier molecular flexibility index (Phi) is 2.85. The number of nitrogens with one attached hydrogen (secondary N) is 1. The van der Waals surface area contributed by atoms with Gasteiger partial charge in [-0.25, -0.2) is 8.78 Å². The molecule has 0 fully saturated rings. The molecule has 7 heteroatoms. The number of hydrogen-bond donors (Lipinski definition) is 2. The molecular formula is C7H5ClF2N2O2. The number of nitrogen functional groups attached to an aromatic ring is 1. The molecule has 0 saturated carbocycles. The summed E-state index contributed by atoms with van der Waals surface area (Å²) in [6.45, 7) is 0. The number of alkyl halides is 2. The van der Waals surface area contributed by atoms with Crippen LogP contribution in [0.2, 0.25) is 0 Å². The van der Waals surface area contributed by atoms with E-state index in [9.17, 15) is 18.4 Å². The molecule has 14 heavy (non-hydrogen) atoms. The van der Waals surface area contributed by atoms with Crippen LogP contribution in [-0.2, 0) is 0 Å². The second-order valence-electron chi connectivity index (χ2n) is 2.46. The number of pyridine rings is 1. The molecule has 76 valence electrons. The number of carbonyl (C=O) groups excluding carboxylic acids is 1. The minimum absolute atomic E-state index is 0.387. The summed E-state index contributed by atoms with van der Waals surface area (Å²) in [5, 5.41) is -1.16. The van der Waals surface area contributed by atoms with Gasteiger partial charge in [-0.15, -0.1) is 0 Å². The molecular weight excluding hydrogens is 218 g/mol. The van der Waals surface area contributed by atoms with Crippen molar-refractivity contribution in [1.82, 2.24) is 4.98 Å². The summed E-state index contributed by atoms with van der Waals surface area (Å²) < 4.78 is 24.6. The fourth-order valence-electron chi connectivity index (χ4n) is 0.898. The van der Waals surface area contributed by atoms with Crippen molar-refractivity contribution in [1.29, 1.82) is 0 Å². The lowest BCUT2D eigenvalue weighted by Gasteiger charge is -2.04. The lowest BCUT2D eigenvalue weighted by atomic mass is 10.2. The summed E-state index contributed by atoms with van der Waals surface area (Å²) in [5.41, 5.74) is 2.59. The maximum Gasteiger partial charge on any atom is 0.271 e. The molecule has 3 N–H and O–H groups in total. The van der Waals surface area contributed by atoms with Crippen molar-refractivity contribution in [2.75, 3.05) is 5.73 Å². The highest BCUT2D eigenvalue weighted by atomic mass is 35.5. The summed E-state index contributed by atoms with van der Waals surface area (Å²) in [6, 6.07) is 0.735. The number of carbonyl (C=O) groups is 1. The number of rotatable bonds is 2. The van der Waals surface area contributed by atoms with Crippen LogP contribution in [0.1, 0.15) is 22.5 Å². The van der Waals surface area contributed by atoms with E-state index in [2.05, 4.69) is 0 Å². The predicted octanol–water partition coefficient (Wildman–Crippen LogP) is 1.27. The SMILES string of the molecule is Nc1cc(C(F)F)c(C(=O)Cl)[nH]c1=O. The zero-order chi connectivity index (χ0) is 10.9. The van der Waals surface area contributed by atoms with E-state index in [-0.39, 0.29) is 5.69 Å². The fraction of sp³-hybridized carbons (Fsp3) is 0.143. The maximum atomic E-state index is 12.3. The van der Waals surface area contributed by atoms with Gasteiger partial charge in [-0.3, -0.25) is 9.59 Å². The molecule has 1 rings (SSSR count). The van der Waals surface area contributed by atoms with Crippen LogP contribution < -0.4 is 11.3 Å². The van der Waals surface area contributed by atoms with E-state index in [0.717, 1.165) is 6.07 Å². The normalized spacial score (nSPS) is 10.6. The van der Waals surface area contributed by atoms with Gasteiger partial charge in [0.1, 0.15) is 5.69 Å². The van der Waals surface area contributed by atoms with Crippen LogP contribution in [0, 0.1) is 0 Å². The Labute approximate surface area is 81.7 Å². The average molecular weight is 223 g/mol. The van der Waals surface area contributed by atoms with E-state index in [4.69, 9.17) is 17.3 Å². The number of aromatic amines is 1. The van der Waals surface area contributed by atoms with E-state index in [1.54, 1.807) is 0 Å². The quantitative estimate of drug-likeness (QED) is 0.740. The van der Waals surface area contributed by atoms with Gasteiger partial charge in [0, 0.05) is 5.56 Å². The highest BCUT2D eigenvalue weighted by molar-refractivity contribution is 6.67. The number of aromatic nitrogens is 1. The highest BCUT2D eigenvalue weighted by Crippen LogP contribution is 2.22.